The number of halogens is 3. The maximum absolute atomic E-state index is 12.9. The fourth-order valence-corrected chi connectivity index (χ4v) is 0.980. The highest BCUT2D eigenvalue weighted by molar-refractivity contribution is 6.12. The van der Waals surface area contributed by atoms with Crippen molar-refractivity contribution in [2.45, 2.75) is 13.1 Å². The molecule has 0 saturated heterocycles. The zero-order valence-corrected chi connectivity index (χ0v) is 7.76. The third-order valence-electron chi connectivity index (χ3n) is 1.79. The van der Waals surface area contributed by atoms with E-state index >= 15 is 0 Å². The molecule has 0 aliphatic rings. The van der Waals surface area contributed by atoms with Gasteiger partial charge in [-0.2, -0.15) is 0 Å². The van der Waals surface area contributed by atoms with Gasteiger partial charge in [-0.15, -0.1) is 0 Å². The number of carbonyl (C=O) groups excluding carboxylic acids is 2. The van der Waals surface area contributed by atoms with Crippen LogP contribution in [-0.2, 0) is 4.79 Å². The van der Waals surface area contributed by atoms with Gasteiger partial charge >= 0.3 is 0 Å². The van der Waals surface area contributed by atoms with E-state index in [-0.39, 0.29) is 5.56 Å². The van der Waals surface area contributed by atoms with Crippen LogP contribution in [-0.4, -0.2) is 17.7 Å². The molecular weight excluding hydrogens is 209 g/mol. The van der Waals surface area contributed by atoms with Gasteiger partial charge in [-0.3, -0.25) is 9.59 Å². The van der Waals surface area contributed by atoms with Crippen molar-refractivity contribution in [3.63, 3.8) is 0 Å². The minimum atomic E-state index is -2.32. The van der Waals surface area contributed by atoms with E-state index in [9.17, 15) is 22.8 Å². The van der Waals surface area contributed by atoms with E-state index in [1.165, 1.54) is 0 Å². The van der Waals surface area contributed by atoms with Crippen molar-refractivity contribution in [2.24, 2.45) is 0 Å². The number of benzene rings is 1. The summed E-state index contributed by atoms with van der Waals surface area (Å²) >= 11 is 0. The molecule has 15 heavy (non-hydrogen) atoms. The fourth-order valence-electron chi connectivity index (χ4n) is 0.980. The quantitative estimate of drug-likeness (QED) is 0.572. The van der Waals surface area contributed by atoms with E-state index < -0.39 is 29.4 Å². The van der Waals surface area contributed by atoms with Crippen LogP contribution in [0.4, 0.5) is 13.2 Å². The molecular formula is C10H7F3O2. The Morgan fingerprint density at radius 1 is 1.20 bits per heavy atom. The number of Topliss-reactive ketones (excluding diaryl/α,β-unsaturated/α-hetero) is 2. The molecule has 0 amide bonds. The molecule has 1 rings (SSSR count). The third-order valence-corrected chi connectivity index (χ3v) is 1.79. The van der Waals surface area contributed by atoms with Gasteiger partial charge in [0.2, 0.25) is 12.0 Å². The Hall–Kier alpha value is -1.65. The average Bonchev–Trinajstić information content (AvgIpc) is 2.19. The summed E-state index contributed by atoms with van der Waals surface area (Å²) in [6, 6.07) is 2.19. The smallest absolute Gasteiger partial charge is 0.220 e. The molecule has 0 N–H and O–H groups in total. The van der Waals surface area contributed by atoms with Crippen molar-refractivity contribution in [1.82, 2.24) is 0 Å². The molecule has 1 atom stereocenters. The normalized spacial score (nSPS) is 12.3. The van der Waals surface area contributed by atoms with Crippen molar-refractivity contribution in [3.05, 3.63) is 35.4 Å². The third kappa shape index (κ3) is 2.43. The highest BCUT2D eigenvalue weighted by Gasteiger charge is 2.24. The van der Waals surface area contributed by atoms with E-state index in [1.807, 2.05) is 0 Å². The van der Waals surface area contributed by atoms with Crippen LogP contribution in [0.2, 0.25) is 0 Å². The van der Waals surface area contributed by atoms with E-state index in [0.717, 1.165) is 13.0 Å². The van der Waals surface area contributed by atoms with Crippen LogP contribution in [0.3, 0.4) is 0 Å². The highest BCUT2D eigenvalue weighted by Crippen LogP contribution is 2.12. The maximum atomic E-state index is 12.9. The van der Waals surface area contributed by atoms with Crippen molar-refractivity contribution >= 4 is 11.6 Å². The van der Waals surface area contributed by atoms with Gasteiger partial charge < -0.3 is 0 Å². The lowest BCUT2D eigenvalue weighted by Crippen LogP contribution is -2.23. The minimum Gasteiger partial charge on any atom is -0.296 e. The summed E-state index contributed by atoms with van der Waals surface area (Å²) in [5.74, 6) is -4.52. The van der Waals surface area contributed by atoms with Crippen LogP contribution in [0.15, 0.2) is 18.2 Å². The van der Waals surface area contributed by atoms with E-state index in [0.29, 0.717) is 12.1 Å². The summed E-state index contributed by atoms with van der Waals surface area (Å²) in [6.45, 7) is 0.905. The van der Waals surface area contributed by atoms with Crippen molar-refractivity contribution in [3.8, 4) is 0 Å². The molecule has 0 bridgehead atoms. The molecule has 0 fully saturated rings. The van der Waals surface area contributed by atoms with Crippen LogP contribution in [0.1, 0.15) is 17.3 Å². The summed E-state index contributed by atoms with van der Waals surface area (Å²) < 4.78 is 38.1. The summed E-state index contributed by atoms with van der Waals surface area (Å²) in [6.07, 6.45) is -2.32. The van der Waals surface area contributed by atoms with Crippen molar-refractivity contribution in [1.29, 1.82) is 0 Å². The Bertz CT molecular complexity index is 415. The van der Waals surface area contributed by atoms with Gasteiger partial charge in [0.1, 0.15) is 0 Å². The molecule has 0 aromatic heterocycles. The number of hydrogen-bond acceptors (Lipinski definition) is 2. The number of carbonyl (C=O) groups is 2. The van der Waals surface area contributed by atoms with Gasteiger partial charge in [0.15, 0.2) is 17.4 Å². The molecule has 0 radical (unpaired) electrons. The SMILES string of the molecule is CC(=O)C(F)C(=O)c1ccc(F)c(F)c1. The summed E-state index contributed by atoms with van der Waals surface area (Å²) in [5.41, 5.74) is -0.364. The van der Waals surface area contributed by atoms with Gasteiger partial charge in [0, 0.05) is 5.56 Å². The first kappa shape index (κ1) is 11.4. The molecule has 1 unspecified atom stereocenters. The second kappa shape index (κ2) is 4.25. The largest absolute Gasteiger partial charge is 0.296 e. The molecule has 1 aromatic carbocycles. The van der Waals surface area contributed by atoms with Crippen LogP contribution >= 0.6 is 0 Å². The molecule has 1 aromatic rings. The van der Waals surface area contributed by atoms with Crippen molar-refractivity contribution < 1.29 is 22.8 Å². The van der Waals surface area contributed by atoms with Crippen LogP contribution in [0.5, 0.6) is 0 Å². The number of rotatable bonds is 3. The predicted octanol–water partition coefficient (Wildman–Crippen LogP) is 2.07. The first-order valence-corrected chi connectivity index (χ1v) is 4.07. The van der Waals surface area contributed by atoms with E-state index in [2.05, 4.69) is 0 Å². The summed E-state index contributed by atoms with van der Waals surface area (Å²) in [4.78, 5) is 21.7. The Morgan fingerprint density at radius 3 is 2.27 bits per heavy atom. The molecule has 5 heteroatoms. The Balaban J connectivity index is 3.02. The maximum Gasteiger partial charge on any atom is 0.220 e. The first-order chi connectivity index (χ1) is 6.93. The van der Waals surface area contributed by atoms with Crippen LogP contribution < -0.4 is 0 Å². The molecule has 0 aliphatic heterocycles. The summed E-state index contributed by atoms with van der Waals surface area (Å²) in [5, 5.41) is 0. The van der Waals surface area contributed by atoms with Crippen molar-refractivity contribution in [2.75, 3.05) is 0 Å². The number of alkyl halides is 1. The van der Waals surface area contributed by atoms with E-state index in [4.69, 9.17) is 0 Å². The number of hydrogen-bond donors (Lipinski definition) is 0. The molecule has 0 spiro atoms. The first-order valence-electron chi connectivity index (χ1n) is 4.07. The van der Waals surface area contributed by atoms with Gasteiger partial charge in [-0.05, 0) is 25.1 Å². The molecule has 0 saturated carbocycles. The standard InChI is InChI=1S/C10H7F3O2/c1-5(14)9(13)10(15)6-2-3-7(11)8(12)4-6/h2-4,9H,1H3. The van der Waals surface area contributed by atoms with Crippen LogP contribution in [0, 0.1) is 11.6 Å². The van der Waals surface area contributed by atoms with E-state index in [1.54, 1.807) is 0 Å². The lowest BCUT2D eigenvalue weighted by molar-refractivity contribution is -0.120. The number of ketones is 2. The Labute approximate surface area is 83.7 Å². The molecule has 2 nitrogen and oxygen atoms in total. The highest BCUT2D eigenvalue weighted by atomic mass is 19.2. The minimum absolute atomic E-state index is 0.364. The second-order valence-electron chi connectivity index (χ2n) is 2.97. The predicted molar refractivity (Wildman–Crippen MR) is 46.3 cm³/mol. The van der Waals surface area contributed by atoms with Gasteiger partial charge in [0.05, 0.1) is 0 Å². The van der Waals surface area contributed by atoms with Crippen LogP contribution in [0.25, 0.3) is 0 Å². The molecule has 80 valence electrons. The topological polar surface area (TPSA) is 34.1 Å². The molecule has 0 aliphatic carbocycles. The fraction of sp³-hybridized carbons (Fsp3) is 0.200. The Kier molecular flexibility index (Phi) is 3.24. The average molecular weight is 216 g/mol. The molecule has 0 heterocycles. The monoisotopic (exact) mass is 216 g/mol. The lowest BCUT2D eigenvalue weighted by atomic mass is 10.0. The van der Waals surface area contributed by atoms with Gasteiger partial charge in [-0.1, -0.05) is 0 Å². The summed E-state index contributed by atoms with van der Waals surface area (Å²) in [7, 11) is 0. The lowest BCUT2D eigenvalue weighted by Gasteiger charge is -2.03. The van der Waals surface area contributed by atoms with Gasteiger partial charge in [0.25, 0.3) is 0 Å². The zero-order chi connectivity index (χ0) is 11.6. The second-order valence-corrected chi connectivity index (χ2v) is 2.97. The zero-order valence-electron chi connectivity index (χ0n) is 7.76. The van der Waals surface area contributed by atoms with Gasteiger partial charge in [-0.25, -0.2) is 13.2 Å². The Morgan fingerprint density at radius 2 is 1.80 bits per heavy atom.